The molecule has 4 rings (SSSR count). The highest BCUT2D eigenvalue weighted by molar-refractivity contribution is 5.56. The van der Waals surface area contributed by atoms with E-state index in [0.29, 0.717) is 24.7 Å². The Morgan fingerprint density at radius 3 is 2.64 bits per heavy atom. The Kier molecular flexibility index (Phi) is 7.36. The predicted molar refractivity (Wildman–Crippen MR) is 125 cm³/mol. The lowest BCUT2D eigenvalue weighted by atomic mass is 10.1. The first-order valence-corrected chi connectivity index (χ1v) is 11.0. The first-order chi connectivity index (χ1) is 16.0. The maximum absolute atomic E-state index is 6.09. The molecule has 2 heterocycles. The number of rotatable bonds is 8. The maximum Gasteiger partial charge on any atom is 0.190 e. The Bertz CT molecular complexity index is 1020. The molecule has 4 atom stereocenters. The molecule has 0 bridgehead atoms. The third-order valence-corrected chi connectivity index (χ3v) is 5.45. The molecule has 0 spiro atoms. The molecule has 0 radical (unpaired) electrons. The van der Waals surface area contributed by atoms with Crippen molar-refractivity contribution in [3.05, 3.63) is 65.7 Å². The molecule has 6 nitrogen and oxygen atoms in total. The van der Waals surface area contributed by atoms with E-state index in [1.165, 1.54) is 0 Å². The SMILES string of the molecule is CC#CCO[C@@H]1[C@H]2OC(C)(C)O[C@H]2O[C@@H]1/C=C/c1ccc(OCc2ccccc2)c(OC)c1. The van der Waals surface area contributed by atoms with Crippen molar-refractivity contribution in [2.75, 3.05) is 13.7 Å². The van der Waals surface area contributed by atoms with Gasteiger partial charge in [-0.05, 0) is 44.0 Å². The largest absolute Gasteiger partial charge is 0.493 e. The van der Waals surface area contributed by atoms with Crippen molar-refractivity contribution in [3.8, 4) is 23.3 Å². The molecule has 2 saturated heterocycles. The van der Waals surface area contributed by atoms with Gasteiger partial charge in [0.25, 0.3) is 0 Å². The van der Waals surface area contributed by atoms with E-state index in [1.54, 1.807) is 14.0 Å². The zero-order valence-electron chi connectivity index (χ0n) is 19.4. The molecule has 0 amide bonds. The minimum atomic E-state index is -0.703. The number of hydrogen-bond acceptors (Lipinski definition) is 6. The summed E-state index contributed by atoms with van der Waals surface area (Å²) in [5, 5.41) is 0. The number of fused-ring (bicyclic) bond motifs is 1. The van der Waals surface area contributed by atoms with Gasteiger partial charge < -0.3 is 28.4 Å². The van der Waals surface area contributed by atoms with Crippen LogP contribution in [0.25, 0.3) is 6.08 Å². The molecular formula is C27H30O6. The molecule has 0 saturated carbocycles. The standard InChI is InChI=1S/C27H30O6/c1-5-6-16-29-24-22(31-26-25(24)32-27(2,3)33-26)15-13-19-12-14-21(23(17-19)28-4)30-18-20-10-8-7-9-11-20/h7-15,17,22,24-26H,16,18H2,1-4H3/b15-13+/t22-,24+,25-,26-/m1/s1. The summed E-state index contributed by atoms with van der Waals surface area (Å²) in [6, 6.07) is 15.8. The second-order valence-electron chi connectivity index (χ2n) is 8.32. The van der Waals surface area contributed by atoms with Crippen LogP contribution in [0.1, 0.15) is 31.9 Å². The summed E-state index contributed by atoms with van der Waals surface area (Å²) in [5.41, 5.74) is 2.05. The minimum Gasteiger partial charge on any atom is -0.493 e. The van der Waals surface area contributed by atoms with Gasteiger partial charge in [-0.25, -0.2) is 0 Å². The molecule has 0 N–H and O–H groups in total. The Hall–Kier alpha value is -2.82. The molecule has 2 fully saturated rings. The van der Waals surface area contributed by atoms with Gasteiger partial charge in [-0.1, -0.05) is 54.5 Å². The summed E-state index contributed by atoms with van der Waals surface area (Å²) in [4.78, 5) is 0. The van der Waals surface area contributed by atoms with Gasteiger partial charge in [-0.2, -0.15) is 0 Å². The van der Waals surface area contributed by atoms with Crippen LogP contribution < -0.4 is 9.47 Å². The summed E-state index contributed by atoms with van der Waals surface area (Å²) in [7, 11) is 1.63. The van der Waals surface area contributed by atoms with E-state index in [9.17, 15) is 0 Å². The Balaban J connectivity index is 1.44. The lowest BCUT2D eigenvalue weighted by Crippen LogP contribution is -2.36. The minimum absolute atomic E-state index is 0.309. The zero-order valence-corrected chi connectivity index (χ0v) is 19.4. The van der Waals surface area contributed by atoms with Crippen LogP contribution in [-0.2, 0) is 25.6 Å². The quantitative estimate of drug-likeness (QED) is 0.549. The number of ether oxygens (including phenoxy) is 6. The smallest absolute Gasteiger partial charge is 0.190 e. The monoisotopic (exact) mass is 450 g/mol. The van der Waals surface area contributed by atoms with Crippen molar-refractivity contribution in [3.63, 3.8) is 0 Å². The van der Waals surface area contributed by atoms with Crippen molar-refractivity contribution in [1.82, 2.24) is 0 Å². The van der Waals surface area contributed by atoms with E-state index in [-0.39, 0.29) is 18.3 Å². The Morgan fingerprint density at radius 1 is 1.06 bits per heavy atom. The highest BCUT2D eigenvalue weighted by atomic mass is 16.8. The average Bonchev–Trinajstić information content (AvgIpc) is 3.28. The van der Waals surface area contributed by atoms with Crippen molar-refractivity contribution < 1.29 is 28.4 Å². The fourth-order valence-corrected chi connectivity index (χ4v) is 3.91. The molecule has 0 unspecified atom stereocenters. The third kappa shape index (κ3) is 5.76. The topological polar surface area (TPSA) is 55.4 Å². The van der Waals surface area contributed by atoms with Crippen LogP contribution in [0.3, 0.4) is 0 Å². The van der Waals surface area contributed by atoms with E-state index in [2.05, 4.69) is 11.8 Å². The molecule has 2 aliphatic rings. The molecule has 2 aromatic rings. The highest BCUT2D eigenvalue weighted by Gasteiger charge is 2.54. The van der Waals surface area contributed by atoms with E-state index in [1.807, 2.05) is 74.5 Å². The lowest BCUT2D eigenvalue weighted by Gasteiger charge is -2.24. The number of benzene rings is 2. The molecule has 33 heavy (non-hydrogen) atoms. The van der Waals surface area contributed by atoms with E-state index >= 15 is 0 Å². The summed E-state index contributed by atoms with van der Waals surface area (Å²) >= 11 is 0. The van der Waals surface area contributed by atoms with Crippen molar-refractivity contribution >= 4 is 6.08 Å². The van der Waals surface area contributed by atoms with Crippen LogP contribution in [0, 0.1) is 11.8 Å². The van der Waals surface area contributed by atoms with Crippen molar-refractivity contribution in [1.29, 1.82) is 0 Å². The summed E-state index contributed by atoms with van der Waals surface area (Å²) in [5.74, 6) is 6.43. The zero-order chi connectivity index (χ0) is 23.3. The maximum atomic E-state index is 6.09. The van der Waals surface area contributed by atoms with Crippen LogP contribution in [0.2, 0.25) is 0 Å². The molecule has 0 aliphatic carbocycles. The van der Waals surface area contributed by atoms with Crippen LogP contribution in [0.15, 0.2) is 54.6 Å². The molecule has 0 aromatic heterocycles. The molecule has 2 aliphatic heterocycles. The van der Waals surface area contributed by atoms with Crippen LogP contribution in [0.4, 0.5) is 0 Å². The fraction of sp³-hybridized carbons (Fsp3) is 0.407. The normalized spacial score (nSPS) is 25.5. The molecule has 2 aromatic carbocycles. The lowest BCUT2D eigenvalue weighted by molar-refractivity contribution is -0.211. The number of hydrogen-bond donors (Lipinski definition) is 0. The second-order valence-corrected chi connectivity index (χ2v) is 8.32. The van der Waals surface area contributed by atoms with E-state index < -0.39 is 12.1 Å². The summed E-state index contributed by atoms with van der Waals surface area (Å²) < 4.78 is 35.5. The third-order valence-electron chi connectivity index (χ3n) is 5.45. The second kappa shape index (κ2) is 10.4. The fourth-order valence-electron chi connectivity index (χ4n) is 3.91. The van der Waals surface area contributed by atoms with E-state index in [0.717, 1.165) is 11.1 Å². The van der Waals surface area contributed by atoms with E-state index in [4.69, 9.17) is 28.4 Å². The summed E-state index contributed by atoms with van der Waals surface area (Å²) in [6.07, 6.45) is 2.51. The van der Waals surface area contributed by atoms with Gasteiger partial charge >= 0.3 is 0 Å². The number of methoxy groups -OCH3 is 1. The van der Waals surface area contributed by atoms with Gasteiger partial charge in [0.05, 0.1) is 7.11 Å². The molecule has 174 valence electrons. The Morgan fingerprint density at radius 2 is 1.88 bits per heavy atom. The van der Waals surface area contributed by atoms with Gasteiger partial charge in [-0.3, -0.25) is 0 Å². The predicted octanol–water partition coefficient (Wildman–Crippen LogP) is 4.57. The van der Waals surface area contributed by atoms with Crippen molar-refractivity contribution in [2.45, 2.75) is 57.8 Å². The van der Waals surface area contributed by atoms with Gasteiger partial charge in [0, 0.05) is 0 Å². The Labute approximate surface area is 195 Å². The van der Waals surface area contributed by atoms with Gasteiger partial charge in [-0.15, -0.1) is 5.92 Å². The van der Waals surface area contributed by atoms with Crippen LogP contribution in [0.5, 0.6) is 11.5 Å². The van der Waals surface area contributed by atoms with Gasteiger partial charge in [0.15, 0.2) is 23.6 Å². The average molecular weight is 451 g/mol. The van der Waals surface area contributed by atoms with Gasteiger partial charge in [0.1, 0.15) is 31.5 Å². The molecular weight excluding hydrogens is 420 g/mol. The summed E-state index contributed by atoms with van der Waals surface area (Å²) in [6.45, 7) is 6.31. The first kappa shape index (κ1) is 23.3. The molecule has 6 heteroatoms. The highest BCUT2D eigenvalue weighted by Crippen LogP contribution is 2.39. The van der Waals surface area contributed by atoms with Gasteiger partial charge in [0.2, 0.25) is 0 Å². The first-order valence-electron chi connectivity index (χ1n) is 11.0. The van der Waals surface area contributed by atoms with Crippen LogP contribution >= 0.6 is 0 Å². The van der Waals surface area contributed by atoms with Crippen molar-refractivity contribution in [2.24, 2.45) is 0 Å². The van der Waals surface area contributed by atoms with Crippen LogP contribution in [-0.4, -0.2) is 44.1 Å².